The molecule has 0 saturated carbocycles. The van der Waals surface area contributed by atoms with Gasteiger partial charge in [0.05, 0.1) is 11.0 Å². The van der Waals surface area contributed by atoms with Crippen LogP contribution in [0.3, 0.4) is 0 Å². The quantitative estimate of drug-likeness (QED) is 0.135. The van der Waals surface area contributed by atoms with Gasteiger partial charge in [-0.2, -0.15) is 0 Å². The molecule has 1 aliphatic rings. The number of hydrogen-bond acceptors (Lipinski definition) is 3. The van der Waals surface area contributed by atoms with Gasteiger partial charge in [0.1, 0.15) is 11.6 Å². The molecule has 0 atom stereocenters. The average molecular weight is 1230 g/mol. The van der Waals surface area contributed by atoms with Crippen LogP contribution in [-0.4, -0.2) is 27.4 Å². The van der Waals surface area contributed by atoms with Gasteiger partial charge in [-0.25, -0.2) is 4.98 Å². The molecule has 14 aromatic rings. The normalized spacial score (nSPS) is 12.9. The number of nitrogens with zero attached hydrogens (tertiary/aromatic N) is 4. The summed E-state index contributed by atoms with van der Waals surface area (Å²) in [5.74, 6) is 2.40. The summed E-state index contributed by atoms with van der Waals surface area (Å²) in [6.45, 7) is 21.4. The maximum atomic E-state index is 7.05. The van der Waals surface area contributed by atoms with E-state index in [-0.39, 0.29) is 16.2 Å². The molecule has 0 saturated heterocycles. The van der Waals surface area contributed by atoms with Crippen LogP contribution in [-0.2, 0) is 22.9 Å². The van der Waals surface area contributed by atoms with Gasteiger partial charge in [0.2, 0.25) is 0 Å². The number of rotatable bonds is 9. The van der Waals surface area contributed by atoms with Crippen LogP contribution in [0, 0.1) is 0 Å². The van der Waals surface area contributed by atoms with E-state index in [1.807, 2.05) is 6.20 Å². The molecular formula is C84H74GeN4O. The first-order chi connectivity index (χ1) is 43.5. The summed E-state index contributed by atoms with van der Waals surface area (Å²) < 4.78 is 17.6. The third-order valence-electron chi connectivity index (χ3n) is 18.9. The zero-order valence-corrected chi connectivity index (χ0v) is 55.0. The second-order valence-electron chi connectivity index (χ2n) is 27.6. The van der Waals surface area contributed by atoms with Crippen molar-refractivity contribution in [2.24, 2.45) is 0 Å². The standard InChI is InChI=1S/C84H74GeN4O/c1-82(2,3)57-42-44-70-68-34-19-20-35-69(68)73-39-25-41-77-81(73)88(55-87(77)64-32-23-33-65(53-64)90-66-43-45-72-71-36-21-22-40-76(71)89(78(72)54-66)79-52-58(46-47-86-79)83(4,5)6)80-67(37-24-38-74(80)75(70)51-57)56-48-59(84(7,8)9)50-63(49-56)85(60-26-13-10-14-27-60,61-28-15-11-16-29-61)62-30-17-12-18-31-62/h10-54H,55H2,1-9H3. The maximum absolute atomic E-state index is 7.05. The Balaban J connectivity index is 0.977. The first-order valence-corrected chi connectivity index (χ1v) is 35.9. The second-order valence-corrected chi connectivity index (χ2v) is 35.6. The Hall–Kier alpha value is -9.69. The summed E-state index contributed by atoms with van der Waals surface area (Å²) in [7, 11) is 0. The zero-order valence-electron chi connectivity index (χ0n) is 52.9. The van der Waals surface area contributed by atoms with Gasteiger partial charge in [-0.1, -0.05) is 39.0 Å². The predicted octanol–water partition coefficient (Wildman–Crippen LogP) is 19.6. The van der Waals surface area contributed by atoms with Crippen molar-refractivity contribution in [2.75, 3.05) is 4.90 Å². The fourth-order valence-corrected chi connectivity index (χ4v) is 24.4. The number of aromatic nitrogens is 3. The van der Waals surface area contributed by atoms with Crippen molar-refractivity contribution in [3.8, 4) is 28.4 Å². The zero-order chi connectivity index (χ0) is 61.7. The molecule has 0 unspecified atom stereocenters. The SMILES string of the molecule is CC(C)(C)c1cc(-c2cccc3c4cc(C(C)(C)C)ccc4c4ccccc4c4cccc5c4n(c23)CN5c2cccc(Oc3ccc4c5ccccc5n(-c5cc(C(C)(C)C)ccn5)c4c3)c2)c[c]([Ge]([c]2ccccc2)([c]2ccccc2)[c]2ccccc2)c1. The first kappa shape index (κ1) is 56.8. The summed E-state index contributed by atoms with van der Waals surface area (Å²) >= 11 is -3.83. The van der Waals surface area contributed by atoms with E-state index in [1.165, 1.54) is 94.1 Å². The van der Waals surface area contributed by atoms with E-state index in [9.17, 15) is 0 Å². The molecule has 6 heteroatoms. The first-order valence-electron chi connectivity index (χ1n) is 31.7. The molecule has 1 aliphatic heterocycles. The molecule has 440 valence electrons. The van der Waals surface area contributed by atoms with Crippen molar-refractivity contribution in [3.05, 3.63) is 290 Å². The molecular weight excluding hydrogens is 1150 g/mol. The Morgan fingerprint density at radius 2 is 0.900 bits per heavy atom. The molecule has 90 heavy (non-hydrogen) atoms. The molecule has 0 amide bonds. The summed E-state index contributed by atoms with van der Waals surface area (Å²) in [4.78, 5) is 7.47. The molecule has 0 bridgehead atoms. The van der Waals surface area contributed by atoms with Crippen LogP contribution in [0.1, 0.15) is 79.0 Å². The van der Waals surface area contributed by atoms with Crippen LogP contribution in [0.15, 0.2) is 273 Å². The van der Waals surface area contributed by atoms with Gasteiger partial charge in [0, 0.05) is 23.0 Å². The average Bonchev–Trinajstić information content (AvgIpc) is 1.31. The molecule has 0 aliphatic carbocycles. The summed E-state index contributed by atoms with van der Waals surface area (Å²) in [6.07, 6.45) is 1.94. The third kappa shape index (κ3) is 9.64. The van der Waals surface area contributed by atoms with Gasteiger partial charge < -0.3 is 0 Å². The molecule has 0 radical (unpaired) electrons. The van der Waals surface area contributed by atoms with Crippen LogP contribution in [0.25, 0.3) is 82.1 Å². The molecule has 5 nitrogen and oxygen atoms in total. The van der Waals surface area contributed by atoms with E-state index in [1.54, 1.807) is 0 Å². The molecule has 11 aromatic carbocycles. The number of benzene rings is 11. The topological polar surface area (TPSA) is 35.2 Å². The minimum atomic E-state index is -3.83. The van der Waals surface area contributed by atoms with Crippen molar-refractivity contribution in [1.29, 1.82) is 0 Å². The van der Waals surface area contributed by atoms with Gasteiger partial charge in [-0.3, -0.25) is 4.57 Å². The van der Waals surface area contributed by atoms with Gasteiger partial charge in [0.15, 0.2) is 0 Å². The molecule has 3 aromatic heterocycles. The van der Waals surface area contributed by atoms with Crippen molar-refractivity contribution < 1.29 is 4.74 Å². The van der Waals surface area contributed by atoms with Gasteiger partial charge in [-0.15, -0.1) is 0 Å². The van der Waals surface area contributed by atoms with Crippen LogP contribution in [0.5, 0.6) is 11.5 Å². The Morgan fingerprint density at radius 1 is 0.367 bits per heavy atom. The molecule has 15 rings (SSSR count). The monoisotopic (exact) mass is 1230 g/mol. The number of para-hydroxylation sites is 3. The number of pyridine rings is 1. The summed E-state index contributed by atoms with van der Waals surface area (Å²) in [5, 5.41) is 9.57. The van der Waals surface area contributed by atoms with E-state index in [0.29, 0.717) is 6.67 Å². The Kier molecular flexibility index (Phi) is 13.8. The van der Waals surface area contributed by atoms with E-state index < -0.39 is 13.3 Å². The summed E-state index contributed by atoms with van der Waals surface area (Å²) in [5.41, 5.74) is 12.6. The van der Waals surface area contributed by atoms with Crippen LogP contribution >= 0.6 is 0 Å². The van der Waals surface area contributed by atoms with Crippen molar-refractivity contribution in [3.63, 3.8) is 0 Å². The number of fused-ring (bicyclic) bond motifs is 10. The fraction of sp³-hybridized carbons (Fsp3) is 0.155. The Bertz CT molecular complexity index is 5100. The molecule has 0 N–H and O–H groups in total. The molecule has 0 spiro atoms. The Labute approximate surface area is 531 Å². The van der Waals surface area contributed by atoms with Gasteiger partial charge in [0.25, 0.3) is 0 Å². The van der Waals surface area contributed by atoms with E-state index in [4.69, 9.17) is 9.72 Å². The van der Waals surface area contributed by atoms with Crippen LogP contribution < -0.4 is 27.2 Å². The van der Waals surface area contributed by atoms with Gasteiger partial charge in [-0.05, 0) is 41.3 Å². The third-order valence-corrected chi connectivity index (χ3v) is 28.8. The minimum absolute atomic E-state index is 0.0383. The van der Waals surface area contributed by atoms with Crippen LogP contribution in [0.4, 0.5) is 11.4 Å². The molecule has 4 heterocycles. The Morgan fingerprint density at radius 3 is 1.57 bits per heavy atom. The summed E-state index contributed by atoms with van der Waals surface area (Å²) in [6, 6.07) is 100. The van der Waals surface area contributed by atoms with Crippen molar-refractivity contribution in [2.45, 2.75) is 85.2 Å². The number of anilines is 2. The molecule has 0 fully saturated rings. The van der Waals surface area contributed by atoms with Crippen molar-refractivity contribution in [1.82, 2.24) is 14.1 Å². The van der Waals surface area contributed by atoms with E-state index >= 15 is 0 Å². The number of hydrogen-bond donors (Lipinski definition) is 0. The second kappa shape index (κ2) is 21.8. The van der Waals surface area contributed by atoms with E-state index in [2.05, 4.69) is 343 Å². The van der Waals surface area contributed by atoms with Crippen molar-refractivity contribution >= 4 is 107 Å². The van der Waals surface area contributed by atoms with Gasteiger partial charge >= 0.3 is 399 Å². The fourth-order valence-electron chi connectivity index (χ4n) is 14.3. The number of ether oxygens (including phenoxy) is 1. The van der Waals surface area contributed by atoms with E-state index in [0.717, 1.165) is 45.1 Å². The van der Waals surface area contributed by atoms with Crippen LogP contribution in [0.2, 0.25) is 0 Å². The predicted molar refractivity (Wildman–Crippen MR) is 384 cm³/mol.